The first-order valence-corrected chi connectivity index (χ1v) is 12.6. The summed E-state index contributed by atoms with van der Waals surface area (Å²) < 4.78 is 15.5. The van der Waals surface area contributed by atoms with Crippen LogP contribution in [0.25, 0.3) is 0 Å². The van der Waals surface area contributed by atoms with Crippen LogP contribution >= 0.6 is 0 Å². The van der Waals surface area contributed by atoms with Gasteiger partial charge in [0.1, 0.15) is 6.61 Å². The number of ether oxygens (including phenoxy) is 3. The van der Waals surface area contributed by atoms with Crippen molar-refractivity contribution >= 4 is 11.9 Å². The lowest BCUT2D eigenvalue weighted by molar-refractivity contribution is -0.145. The third-order valence-corrected chi connectivity index (χ3v) is 5.22. The number of hydrogen-bond acceptors (Lipinski definition) is 5. The van der Waals surface area contributed by atoms with E-state index in [9.17, 15) is 9.59 Å². The second kappa shape index (κ2) is 24.2. The first-order valence-electron chi connectivity index (χ1n) is 12.6. The van der Waals surface area contributed by atoms with Gasteiger partial charge in [0.2, 0.25) is 0 Å². The lowest BCUT2D eigenvalue weighted by atomic mass is 10.1. The molecule has 178 valence electrons. The summed E-state index contributed by atoms with van der Waals surface area (Å²) in [5, 5.41) is 0. The second-order valence-corrected chi connectivity index (χ2v) is 8.09. The van der Waals surface area contributed by atoms with Crippen molar-refractivity contribution in [3.05, 3.63) is 0 Å². The molecule has 0 bridgehead atoms. The van der Waals surface area contributed by atoms with E-state index in [1.807, 2.05) is 6.92 Å². The zero-order valence-electron chi connectivity index (χ0n) is 19.9. The molecule has 0 amide bonds. The molecule has 0 aliphatic carbocycles. The number of hydrogen-bond donors (Lipinski definition) is 0. The van der Waals surface area contributed by atoms with E-state index in [2.05, 4.69) is 6.92 Å². The number of carbonyl (C=O) groups is 2. The normalized spacial score (nSPS) is 10.9. The first kappa shape index (κ1) is 28.9. The monoisotopic (exact) mass is 428 g/mol. The van der Waals surface area contributed by atoms with Gasteiger partial charge in [0.25, 0.3) is 0 Å². The maximum Gasteiger partial charge on any atom is 0.305 e. The van der Waals surface area contributed by atoms with Crippen LogP contribution in [-0.4, -0.2) is 38.4 Å². The predicted molar refractivity (Wildman–Crippen MR) is 123 cm³/mol. The molecule has 0 aromatic heterocycles. The van der Waals surface area contributed by atoms with Crippen LogP contribution in [0.3, 0.4) is 0 Å². The average Bonchev–Trinajstić information content (AvgIpc) is 2.74. The van der Waals surface area contributed by atoms with Crippen molar-refractivity contribution in [3.8, 4) is 0 Å². The van der Waals surface area contributed by atoms with Gasteiger partial charge in [-0.1, -0.05) is 84.0 Å². The largest absolute Gasteiger partial charge is 0.466 e. The highest BCUT2D eigenvalue weighted by Crippen LogP contribution is 2.11. The molecule has 0 spiro atoms. The smallest absolute Gasteiger partial charge is 0.305 e. The van der Waals surface area contributed by atoms with Crippen LogP contribution in [0.4, 0.5) is 0 Å². The standard InChI is InChI=1S/C25H48O5/c1-3-5-6-7-8-9-12-15-18-21-29-24(26)19-16-13-10-11-14-17-20-25(27)30-23-22-28-4-2/h3-23H2,1-2H3. The topological polar surface area (TPSA) is 61.8 Å². The minimum absolute atomic E-state index is 0.0515. The summed E-state index contributed by atoms with van der Waals surface area (Å²) >= 11 is 0. The first-order chi connectivity index (χ1) is 14.7. The van der Waals surface area contributed by atoms with E-state index in [0.29, 0.717) is 39.3 Å². The van der Waals surface area contributed by atoms with Crippen molar-refractivity contribution in [3.63, 3.8) is 0 Å². The maximum atomic E-state index is 11.7. The summed E-state index contributed by atoms with van der Waals surface area (Å²) in [4.78, 5) is 23.2. The van der Waals surface area contributed by atoms with Crippen LogP contribution in [0.5, 0.6) is 0 Å². The van der Waals surface area contributed by atoms with Crippen LogP contribution < -0.4 is 0 Å². The fraction of sp³-hybridized carbons (Fsp3) is 0.920. The summed E-state index contributed by atoms with van der Waals surface area (Å²) in [5.74, 6) is -0.186. The van der Waals surface area contributed by atoms with Crippen molar-refractivity contribution < 1.29 is 23.8 Å². The Balaban J connectivity index is 3.24. The van der Waals surface area contributed by atoms with Crippen LogP contribution in [0.1, 0.15) is 123 Å². The average molecular weight is 429 g/mol. The van der Waals surface area contributed by atoms with Gasteiger partial charge in [-0.3, -0.25) is 9.59 Å². The molecule has 0 aromatic rings. The molecule has 0 aliphatic rings. The molecule has 5 heteroatoms. The Morgan fingerprint density at radius 3 is 1.43 bits per heavy atom. The van der Waals surface area contributed by atoms with Crippen LogP contribution in [0.2, 0.25) is 0 Å². The molecule has 0 unspecified atom stereocenters. The van der Waals surface area contributed by atoms with E-state index < -0.39 is 0 Å². The molecule has 0 saturated carbocycles. The van der Waals surface area contributed by atoms with E-state index in [4.69, 9.17) is 14.2 Å². The summed E-state index contributed by atoms with van der Waals surface area (Å²) in [6, 6.07) is 0. The molecule has 0 aromatic carbocycles. The molecule has 0 heterocycles. The third-order valence-electron chi connectivity index (χ3n) is 5.22. The molecule has 0 radical (unpaired) electrons. The van der Waals surface area contributed by atoms with Crippen molar-refractivity contribution in [2.24, 2.45) is 0 Å². The van der Waals surface area contributed by atoms with Crippen molar-refractivity contribution in [2.45, 2.75) is 123 Å². The minimum atomic E-state index is -0.135. The molecule has 0 N–H and O–H groups in total. The Bertz CT molecular complexity index is 384. The van der Waals surface area contributed by atoms with E-state index in [-0.39, 0.29) is 11.9 Å². The van der Waals surface area contributed by atoms with E-state index in [1.54, 1.807) is 0 Å². The van der Waals surface area contributed by atoms with Crippen molar-refractivity contribution in [1.29, 1.82) is 0 Å². The fourth-order valence-corrected chi connectivity index (χ4v) is 3.35. The Morgan fingerprint density at radius 2 is 0.933 bits per heavy atom. The highest BCUT2D eigenvalue weighted by atomic mass is 16.6. The lowest BCUT2D eigenvalue weighted by Crippen LogP contribution is -2.10. The second-order valence-electron chi connectivity index (χ2n) is 8.09. The minimum Gasteiger partial charge on any atom is -0.466 e. The van der Waals surface area contributed by atoms with Gasteiger partial charge in [0.05, 0.1) is 13.2 Å². The summed E-state index contributed by atoms with van der Waals surface area (Å²) in [6.45, 7) is 6.22. The van der Waals surface area contributed by atoms with Gasteiger partial charge >= 0.3 is 11.9 Å². The van der Waals surface area contributed by atoms with Crippen molar-refractivity contribution in [1.82, 2.24) is 0 Å². The SMILES string of the molecule is CCCCCCCCCCCOC(=O)CCCCCCCCC(=O)OCCOCC. The van der Waals surface area contributed by atoms with Gasteiger partial charge < -0.3 is 14.2 Å². The number of rotatable bonds is 23. The Labute approximate surface area is 185 Å². The number of esters is 2. The van der Waals surface area contributed by atoms with Gasteiger partial charge in [0, 0.05) is 19.4 Å². The zero-order chi connectivity index (χ0) is 22.1. The van der Waals surface area contributed by atoms with E-state index in [0.717, 1.165) is 44.9 Å². The molecular weight excluding hydrogens is 380 g/mol. The number of unbranched alkanes of at least 4 members (excludes halogenated alkanes) is 13. The highest BCUT2D eigenvalue weighted by Gasteiger charge is 2.04. The van der Waals surface area contributed by atoms with Crippen LogP contribution in [-0.2, 0) is 23.8 Å². The molecule has 0 rings (SSSR count). The Hall–Kier alpha value is -1.10. The van der Waals surface area contributed by atoms with Crippen LogP contribution in [0, 0.1) is 0 Å². The zero-order valence-corrected chi connectivity index (χ0v) is 19.9. The molecule has 0 fully saturated rings. The summed E-state index contributed by atoms with van der Waals surface area (Å²) in [5.41, 5.74) is 0. The van der Waals surface area contributed by atoms with E-state index in [1.165, 1.54) is 51.4 Å². The maximum absolute atomic E-state index is 11.7. The van der Waals surface area contributed by atoms with Gasteiger partial charge in [-0.05, 0) is 26.2 Å². The van der Waals surface area contributed by atoms with Gasteiger partial charge in [-0.25, -0.2) is 0 Å². The van der Waals surface area contributed by atoms with Gasteiger partial charge in [0.15, 0.2) is 0 Å². The predicted octanol–water partition coefficient (Wildman–Crippen LogP) is 6.76. The quantitative estimate of drug-likeness (QED) is 0.133. The summed E-state index contributed by atoms with van der Waals surface area (Å²) in [7, 11) is 0. The van der Waals surface area contributed by atoms with Crippen molar-refractivity contribution in [2.75, 3.05) is 26.4 Å². The highest BCUT2D eigenvalue weighted by molar-refractivity contribution is 5.69. The fourth-order valence-electron chi connectivity index (χ4n) is 3.35. The molecular formula is C25H48O5. The molecule has 0 atom stereocenters. The molecule has 0 aliphatic heterocycles. The summed E-state index contributed by atoms with van der Waals surface area (Å²) in [6.07, 6.45) is 18.5. The van der Waals surface area contributed by atoms with Crippen LogP contribution in [0.15, 0.2) is 0 Å². The van der Waals surface area contributed by atoms with Gasteiger partial charge in [-0.15, -0.1) is 0 Å². The Morgan fingerprint density at radius 1 is 0.500 bits per heavy atom. The molecule has 30 heavy (non-hydrogen) atoms. The van der Waals surface area contributed by atoms with E-state index >= 15 is 0 Å². The lowest BCUT2D eigenvalue weighted by Gasteiger charge is -2.06. The molecule has 5 nitrogen and oxygen atoms in total. The number of carbonyl (C=O) groups excluding carboxylic acids is 2. The third kappa shape index (κ3) is 23.2. The molecule has 0 saturated heterocycles. The van der Waals surface area contributed by atoms with Gasteiger partial charge in [-0.2, -0.15) is 0 Å². The Kier molecular flexibility index (Phi) is 23.3.